The van der Waals surface area contributed by atoms with E-state index in [9.17, 15) is 4.79 Å². The van der Waals surface area contributed by atoms with Crippen molar-refractivity contribution in [2.24, 2.45) is 0 Å². The molecule has 0 aliphatic heterocycles. The van der Waals surface area contributed by atoms with Gasteiger partial charge in [0.2, 0.25) is 0 Å². The van der Waals surface area contributed by atoms with Gasteiger partial charge in [0.05, 0.1) is 12.8 Å². The summed E-state index contributed by atoms with van der Waals surface area (Å²) in [6.07, 6.45) is 15.6. The Kier molecular flexibility index (Phi) is 10.4. The highest BCUT2D eigenvalue weighted by molar-refractivity contribution is 5.71. The van der Waals surface area contributed by atoms with Crippen LogP contribution in [0.15, 0.2) is 18.3 Å². The molecule has 1 aromatic heterocycles. The van der Waals surface area contributed by atoms with E-state index in [1.165, 1.54) is 57.8 Å². The van der Waals surface area contributed by atoms with E-state index in [-0.39, 0.29) is 0 Å². The molecule has 3 heteroatoms. The Balaban J connectivity index is 1.89. The number of rotatable bonds is 13. The number of hydrogen-bond donors (Lipinski definition) is 0. The van der Waals surface area contributed by atoms with Crippen LogP contribution in [0.3, 0.4) is 0 Å². The molecule has 0 aliphatic carbocycles. The van der Waals surface area contributed by atoms with Crippen LogP contribution in [0, 0.1) is 0 Å². The number of carbonyl (C=O) groups excluding carboxylic acids is 1. The van der Waals surface area contributed by atoms with Gasteiger partial charge in [0.1, 0.15) is 11.4 Å². The van der Waals surface area contributed by atoms with Crippen LogP contribution in [0.2, 0.25) is 0 Å². The number of ether oxygens (including phenoxy) is 1. The standard InChI is InChI=1S/C18H29NO2/c1-2-3-4-5-6-7-8-9-10-11-14-21-18-13-12-17(16-20)19-15-18/h12-13,15-16H,2-11,14H2,1H3. The summed E-state index contributed by atoms with van der Waals surface area (Å²) in [5, 5.41) is 0. The van der Waals surface area contributed by atoms with Crippen molar-refractivity contribution in [3.63, 3.8) is 0 Å². The first-order chi connectivity index (χ1) is 10.4. The van der Waals surface area contributed by atoms with Gasteiger partial charge in [-0.15, -0.1) is 0 Å². The molecule has 0 saturated carbocycles. The molecular formula is C18H29NO2. The van der Waals surface area contributed by atoms with Gasteiger partial charge in [-0.2, -0.15) is 0 Å². The van der Waals surface area contributed by atoms with Gasteiger partial charge < -0.3 is 4.74 Å². The quantitative estimate of drug-likeness (QED) is 0.370. The fourth-order valence-corrected chi connectivity index (χ4v) is 2.33. The summed E-state index contributed by atoms with van der Waals surface area (Å²) in [7, 11) is 0. The minimum atomic E-state index is 0.446. The Morgan fingerprint density at radius 3 is 2.10 bits per heavy atom. The lowest BCUT2D eigenvalue weighted by molar-refractivity contribution is 0.111. The molecular weight excluding hydrogens is 262 g/mol. The van der Waals surface area contributed by atoms with Crippen molar-refractivity contribution in [3.8, 4) is 5.75 Å². The van der Waals surface area contributed by atoms with Crippen molar-refractivity contribution >= 4 is 6.29 Å². The summed E-state index contributed by atoms with van der Waals surface area (Å²) < 4.78 is 5.60. The monoisotopic (exact) mass is 291 g/mol. The minimum Gasteiger partial charge on any atom is -0.492 e. The highest BCUT2D eigenvalue weighted by Gasteiger charge is 1.96. The van der Waals surface area contributed by atoms with Gasteiger partial charge in [-0.05, 0) is 18.6 Å². The Labute approximate surface area is 129 Å². The van der Waals surface area contributed by atoms with Crippen molar-refractivity contribution in [3.05, 3.63) is 24.0 Å². The largest absolute Gasteiger partial charge is 0.492 e. The Hall–Kier alpha value is -1.38. The molecule has 0 atom stereocenters. The van der Waals surface area contributed by atoms with Crippen LogP contribution in [-0.2, 0) is 0 Å². The van der Waals surface area contributed by atoms with Gasteiger partial charge in [0.25, 0.3) is 0 Å². The zero-order chi connectivity index (χ0) is 15.2. The maximum absolute atomic E-state index is 10.5. The molecule has 0 fully saturated rings. The van der Waals surface area contributed by atoms with Crippen LogP contribution >= 0.6 is 0 Å². The second-order valence-electron chi connectivity index (χ2n) is 5.57. The second-order valence-corrected chi connectivity index (χ2v) is 5.57. The van der Waals surface area contributed by atoms with Crippen LogP contribution in [0.1, 0.15) is 81.6 Å². The Morgan fingerprint density at radius 2 is 1.57 bits per heavy atom. The average Bonchev–Trinajstić information content (AvgIpc) is 2.53. The smallest absolute Gasteiger partial charge is 0.168 e. The average molecular weight is 291 g/mol. The molecule has 0 unspecified atom stereocenters. The van der Waals surface area contributed by atoms with E-state index >= 15 is 0 Å². The van der Waals surface area contributed by atoms with Crippen LogP contribution < -0.4 is 4.74 Å². The molecule has 0 bridgehead atoms. The molecule has 1 aromatic rings. The Morgan fingerprint density at radius 1 is 0.952 bits per heavy atom. The lowest BCUT2D eigenvalue weighted by Gasteiger charge is -2.06. The zero-order valence-electron chi connectivity index (χ0n) is 13.4. The molecule has 21 heavy (non-hydrogen) atoms. The number of aromatic nitrogens is 1. The van der Waals surface area contributed by atoms with Crippen LogP contribution in [0.4, 0.5) is 0 Å². The van der Waals surface area contributed by atoms with E-state index in [1.54, 1.807) is 18.3 Å². The minimum absolute atomic E-state index is 0.446. The van der Waals surface area contributed by atoms with Gasteiger partial charge >= 0.3 is 0 Å². The fourth-order valence-electron chi connectivity index (χ4n) is 2.33. The summed E-state index contributed by atoms with van der Waals surface area (Å²) in [4.78, 5) is 14.4. The van der Waals surface area contributed by atoms with Crippen molar-refractivity contribution in [2.45, 2.75) is 71.1 Å². The predicted octanol–water partition coefficient (Wildman–Crippen LogP) is 5.19. The first kappa shape index (κ1) is 17.7. The number of unbranched alkanes of at least 4 members (excludes halogenated alkanes) is 9. The van der Waals surface area contributed by atoms with Crippen LogP contribution in [0.25, 0.3) is 0 Å². The highest BCUT2D eigenvalue weighted by atomic mass is 16.5. The number of carbonyl (C=O) groups is 1. The molecule has 0 N–H and O–H groups in total. The molecule has 0 radical (unpaired) electrons. The van der Waals surface area contributed by atoms with Gasteiger partial charge in [-0.1, -0.05) is 64.7 Å². The lowest BCUT2D eigenvalue weighted by atomic mass is 10.1. The fraction of sp³-hybridized carbons (Fsp3) is 0.667. The van der Waals surface area contributed by atoms with Gasteiger partial charge in [0, 0.05) is 0 Å². The first-order valence-corrected chi connectivity index (χ1v) is 8.41. The molecule has 1 rings (SSSR count). The maximum atomic E-state index is 10.5. The van der Waals surface area contributed by atoms with Crippen molar-refractivity contribution in [1.29, 1.82) is 0 Å². The molecule has 118 valence electrons. The second kappa shape index (κ2) is 12.4. The van der Waals surface area contributed by atoms with Gasteiger partial charge in [-0.25, -0.2) is 4.98 Å². The highest BCUT2D eigenvalue weighted by Crippen LogP contribution is 2.12. The molecule has 0 amide bonds. The number of nitrogens with zero attached hydrogens (tertiary/aromatic N) is 1. The predicted molar refractivity (Wildman–Crippen MR) is 87.0 cm³/mol. The van der Waals surface area contributed by atoms with E-state index in [4.69, 9.17) is 4.74 Å². The molecule has 1 heterocycles. The molecule has 0 saturated heterocycles. The maximum Gasteiger partial charge on any atom is 0.168 e. The van der Waals surface area contributed by atoms with Crippen molar-refractivity contribution in [2.75, 3.05) is 6.61 Å². The third kappa shape index (κ3) is 9.22. The molecule has 0 spiro atoms. The summed E-state index contributed by atoms with van der Waals surface area (Å²) >= 11 is 0. The van der Waals surface area contributed by atoms with E-state index < -0.39 is 0 Å². The number of hydrogen-bond acceptors (Lipinski definition) is 3. The van der Waals surface area contributed by atoms with E-state index in [1.807, 2.05) is 0 Å². The summed E-state index contributed by atoms with van der Waals surface area (Å²) in [5.74, 6) is 0.747. The molecule has 0 aliphatic rings. The lowest BCUT2D eigenvalue weighted by Crippen LogP contribution is -1.98. The third-order valence-electron chi connectivity index (χ3n) is 3.65. The number of aldehydes is 1. The van der Waals surface area contributed by atoms with E-state index in [2.05, 4.69) is 11.9 Å². The van der Waals surface area contributed by atoms with Crippen molar-refractivity contribution < 1.29 is 9.53 Å². The van der Waals surface area contributed by atoms with E-state index in [0.717, 1.165) is 25.1 Å². The third-order valence-corrected chi connectivity index (χ3v) is 3.65. The van der Waals surface area contributed by atoms with Gasteiger partial charge in [-0.3, -0.25) is 4.79 Å². The summed E-state index contributed by atoms with van der Waals surface area (Å²) in [5.41, 5.74) is 0.446. The number of pyridine rings is 1. The molecule has 0 aromatic carbocycles. The van der Waals surface area contributed by atoms with Crippen molar-refractivity contribution in [1.82, 2.24) is 4.98 Å². The Bertz CT molecular complexity index is 362. The SMILES string of the molecule is CCCCCCCCCCCCOc1ccc(C=O)nc1. The summed E-state index contributed by atoms with van der Waals surface area (Å²) in [6.45, 7) is 2.99. The van der Waals surface area contributed by atoms with Crippen LogP contribution in [0.5, 0.6) is 5.75 Å². The molecule has 3 nitrogen and oxygen atoms in total. The van der Waals surface area contributed by atoms with Gasteiger partial charge in [0.15, 0.2) is 6.29 Å². The first-order valence-electron chi connectivity index (χ1n) is 8.41. The topological polar surface area (TPSA) is 39.2 Å². The normalized spacial score (nSPS) is 10.5. The van der Waals surface area contributed by atoms with E-state index in [0.29, 0.717) is 5.69 Å². The zero-order valence-corrected chi connectivity index (χ0v) is 13.4. The van der Waals surface area contributed by atoms with Crippen LogP contribution in [-0.4, -0.2) is 17.9 Å². The summed E-state index contributed by atoms with van der Waals surface area (Å²) in [6, 6.07) is 3.48.